The molecule has 140 valence electrons. The van der Waals surface area contributed by atoms with E-state index in [0.29, 0.717) is 30.4 Å². The van der Waals surface area contributed by atoms with Crippen molar-refractivity contribution in [3.8, 4) is 5.75 Å². The molecule has 1 N–H and O–H groups in total. The molecule has 2 aromatic rings. The predicted octanol–water partition coefficient (Wildman–Crippen LogP) is 2.75. The summed E-state index contributed by atoms with van der Waals surface area (Å²) in [4.78, 5) is 16.8. The van der Waals surface area contributed by atoms with Crippen molar-refractivity contribution in [3.05, 3.63) is 41.5 Å². The molecule has 7 heteroatoms. The van der Waals surface area contributed by atoms with E-state index in [4.69, 9.17) is 14.0 Å². The summed E-state index contributed by atoms with van der Waals surface area (Å²) in [6, 6.07) is 7.61. The number of ether oxygens (including phenoxy) is 2. The number of aromatic nitrogens is 2. The fourth-order valence-electron chi connectivity index (χ4n) is 2.72. The van der Waals surface area contributed by atoms with Gasteiger partial charge in [-0.3, -0.25) is 4.79 Å². The molecular weight excluding hydrogens is 334 g/mol. The van der Waals surface area contributed by atoms with Crippen LogP contribution in [0, 0.1) is 6.92 Å². The molecule has 1 atom stereocenters. The van der Waals surface area contributed by atoms with Gasteiger partial charge in [0.05, 0.1) is 0 Å². The van der Waals surface area contributed by atoms with E-state index in [1.807, 2.05) is 31.2 Å². The van der Waals surface area contributed by atoms with Crippen LogP contribution in [0.1, 0.15) is 50.1 Å². The van der Waals surface area contributed by atoms with Crippen LogP contribution in [0.5, 0.6) is 5.75 Å². The van der Waals surface area contributed by atoms with Crippen molar-refractivity contribution in [2.75, 3.05) is 13.2 Å². The summed E-state index contributed by atoms with van der Waals surface area (Å²) < 4.78 is 16.6. The minimum Gasteiger partial charge on any atom is -0.478 e. The van der Waals surface area contributed by atoms with Gasteiger partial charge >= 0.3 is 0 Å². The van der Waals surface area contributed by atoms with Crippen LogP contribution in [0.3, 0.4) is 0 Å². The maximum Gasteiger partial charge on any atom is 0.263 e. The number of nitrogens with one attached hydrogen (secondary N) is 1. The molecule has 1 saturated heterocycles. The summed E-state index contributed by atoms with van der Waals surface area (Å²) in [6.07, 6.45) is 2.31. The highest BCUT2D eigenvalue weighted by Gasteiger charge is 2.30. The van der Waals surface area contributed by atoms with E-state index in [1.165, 1.54) is 0 Å². The zero-order chi connectivity index (χ0) is 18.6. The fraction of sp³-hybridized carbons (Fsp3) is 0.526. The summed E-state index contributed by atoms with van der Waals surface area (Å²) >= 11 is 0. The molecule has 0 bridgehead atoms. The first-order valence-corrected chi connectivity index (χ1v) is 8.92. The molecule has 3 rings (SSSR count). The third kappa shape index (κ3) is 4.60. The van der Waals surface area contributed by atoms with Crippen LogP contribution in [0.4, 0.5) is 0 Å². The van der Waals surface area contributed by atoms with Gasteiger partial charge in [0, 0.05) is 19.6 Å². The average Bonchev–Trinajstić information content (AvgIpc) is 3.28. The first-order chi connectivity index (χ1) is 12.4. The molecular formula is C19H25N3O4. The Morgan fingerprint density at radius 1 is 1.35 bits per heavy atom. The van der Waals surface area contributed by atoms with Gasteiger partial charge < -0.3 is 19.3 Å². The molecule has 1 aliphatic heterocycles. The van der Waals surface area contributed by atoms with Crippen LogP contribution in [0.15, 0.2) is 28.8 Å². The number of carbonyl (C=O) groups is 1. The third-order valence-electron chi connectivity index (χ3n) is 4.26. The van der Waals surface area contributed by atoms with Crippen molar-refractivity contribution in [2.45, 2.75) is 51.7 Å². The van der Waals surface area contributed by atoms with E-state index >= 15 is 0 Å². The number of amides is 1. The normalized spacial score (nSPS) is 17.3. The van der Waals surface area contributed by atoms with Crippen molar-refractivity contribution in [2.24, 2.45) is 0 Å². The predicted molar refractivity (Wildman–Crippen MR) is 94.8 cm³/mol. The molecule has 1 aliphatic rings. The molecule has 26 heavy (non-hydrogen) atoms. The second kappa shape index (κ2) is 7.86. The molecule has 0 spiro atoms. The molecule has 2 heterocycles. The summed E-state index contributed by atoms with van der Waals surface area (Å²) in [6.45, 7) is 6.63. The van der Waals surface area contributed by atoms with Gasteiger partial charge in [-0.05, 0) is 45.7 Å². The monoisotopic (exact) mass is 359 g/mol. The van der Waals surface area contributed by atoms with Gasteiger partial charge in [0.25, 0.3) is 11.8 Å². The van der Waals surface area contributed by atoms with E-state index in [9.17, 15) is 4.79 Å². The summed E-state index contributed by atoms with van der Waals surface area (Å²) in [5.74, 6) is 1.55. The minimum atomic E-state index is -0.977. The summed E-state index contributed by atoms with van der Waals surface area (Å²) in [7, 11) is 0. The standard InChI is InChI=1S/C19H25N3O4/c1-13-6-8-14(9-7-13)25-19(2,3)18(23)20-11-10-16-21-17(26-22-16)15-5-4-12-24-15/h6-9,15H,4-5,10-12H2,1-3H3,(H,20,23)/t15-/m1/s1. The number of rotatable bonds is 7. The number of nitrogens with zero attached hydrogens (tertiary/aromatic N) is 2. The molecule has 1 fully saturated rings. The lowest BCUT2D eigenvalue weighted by atomic mass is 10.1. The molecule has 0 aliphatic carbocycles. The molecule has 1 amide bonds. The van der Waals surface area contributed by atoms with Crippen molar-refractivity contribution in [1.29, 1.82) is 0 Å². The zero-order valence-corrected chi connectivity index (χ0v) is 15.4. The Morgan fingerprint density at radius 3 is 2.81 bits per heavy atom. The lowest BCUT2D eigenvalue weighted by Crippen LogP contribution is -2.47. The summed E-state index contributed by atoms with van der Waals surface area (Å²) in [5.41, 5.74) is 0.164. The Kier molecular flexibility index (Phi) is 5.56. The number of hydrogen-bond acceptors (Lipinski definition) is 6. The second-order valence-electron chi connectivity index (χ2n) is 6.98. The molecule has 0 saturated carbocycles. The SMILES string of the molecule is Cc1ccc(OC(C)(C)C(=O)NCCc2noc([C@H]3CCCO3)n2)cc1. The van der Waals surface area contributed by atoms with Gasteiger partial charge in [0.15, 0.2) is 11.4 Å². The van der Waals surface area contributed by atoms with Gasteiger partial charge in [0.1, 0.15) is 11.9 Å². The molecule has 1 aromatic carbocycles. The number of aryl methyl sites for hydroxylation is 1. The first kappa shape index (κ1) is 18.4. The third-order valence-corrected chi connectivity index (χ3v) is 4.26. The van der Waals surface area contributed by atoms with E-state index in [1.54, 1.807) is 13.8 Å². The zero-order valence-electron chi connectivity index (χ0n) is 15.4. The minimum absolute atomic E-state index is 0.0901. The molecule has 0 unspecified atom stereocenters. The Morgan fingerprint density at radius 2 is 2.12 bits per heavy atom. The van der Waals surface area contributed by atoms with Gasteiger partial charge in [-0.1, -0.05) is 22.9 Å². The van der Waals surface area contributed by atoms with Crippen molar-refractivity contribution >= 4 is 5.91 Å². The van der Waals surface area contributed by atoms with Crippen LogP contribution in [0.2, 0.25) is 0 Å². The van der Waals surface area contributed by atoms with E-state index in [2.05, 4.69) is 15.5 Å². The van der Waals surface area contributed by atoms with E-state index in [-0.39, 0.29) is 12.0 Å². The van der Waals surface area contributed by atoms with Gasteiger partial charge in [-0.25, -0.2) is 0 Å². The quantitative estimate of drug-likeness (QED) is 0.818. The maximum atomic E-state index is 12.4. The van der Waals surface area contributed by atoms with Gasteiger partial charge in [-0.15, -0.1) is 0 Å². The number of hydrogen-bond donors (Lipinski definition) is 1. The topological polar surface area (TPSA) is 86.5 Å². The van der Waals surface area contributed by atoms with E-state index in [0.717, 1.165) is 25.0 Å². The molecule has 7 nitrogen and oxygen atoms in total. The maximum absolute atomic E-state index is 12.4. The number of benzene rings is 1. The van der Waals surface area contributed by atoms with Crippen molar-refractivity contribution in [3.63, 3.8) is 0 Å². The van der Waals surface area contributed by atoms with Crippen LogP contribution in [-0.2, 0) is 16.0 Å². The highest BCUT2D eigenvalue weighted by Crippen LogP contribution is 2.26. The van der Waals surface area contributed by atoms with Crippen LogP contribution >= 0.6 is 0 Å². The fourth-order valence-corrected chi connectivity index (χ4v) is 2.72. The lowest BCUT2D eigenvalue weighted by molar-refractivity contribution is -0.134. The van der Waals surface area contributed by atoms with Gasteiger partial charge in [-0.2, -0.15) is 4.98 Å². The van der Waals surface area contributed by atoms with Crippen molar-refractivity contribution in [1.82, 2.24) is 15.5 Å². The lowest BCUT2D eigenvalue weighted by Gasteiger charge is -2.25. The first-order valence-electron chi connectivity index (χ1n) is 8.92. The Bertz CT molecular complexity index is 733. The molecule has 1 aromatic heterocycles. The highest BCUT2D eigenvalue weighted by atomic mass is 16.5. The smallest absolute Gasteiger partial charge is 0.263 e. The largest absolute Gasteiger partial charge is 0.478 e. The average molecular weight is 359 g/mol. The van der Waals surface area contributed by atoms with Crippen LogP contribution in [-0.4, -0.2) is 34.8 Å². The van der Waals surface area contributed by atoms with Crippen molar-refractivity contribution < 1.29 is 18.8 Å². The Balaban J connectivity index is 1.47. The Labute approximate surface area is 153 Å². The summed E-state index contributed by atoms with van der Waals surface area (Å²) in [5, 5.41) is 6.81. The van der Waals surface area contributed by atoms with E-state index < -0.39 is 5.60 Å². The highest BCUT2D eigenvalue weighted by molar-refractivity contribution is 5.84. The molecule has 0 radical (unpaired) electrons. The van der Waals surface area contributed by atoms with Crippen LogP contribution < -0.4 is 10.1 Å². The van der Waals surface area contributed by atoms with Crippen LogP contribution in [0.25, 0.3) is 0 Å². The van der Waals surface area contributed by atoms with Gasteiger partial charge in [0.2, 0.25) is 0 Å². The number of carbonyl (C=O) groups excluding carboxylic acids is 1. The second-order valence-corrected chi connectivity index (χ2v) is 6.98. The Hall–Kier alpha value is -2.41.